The summed E-state index contributed by atoms with van der Waals surface area (Å²) in [6.45, 7) is 38.3. The Kier molecular flexibility index (Phi) is 26.9. The molecule has 0 fully saturated rings. The summed E-state index contributed by atoms with van der Waals surface area (Å²) in [5.41, 5.74) is 18.4. The molecule has 30 heteroatoms. The van der Waals surface area contributed by atoms with Gasteiger partial charge in [-0.2, -0.15) is 4.98 Å². The number of nitrogens with zero attached hydrogens (tertiary/aromatic N) is 20. The molecule has 4 aromatic carbocycles. The number of aromatic nitrogens is 19. The van der Waals surface area contributed by atoms with Crippen molar-refractivity contribution in [2.75, 3.05) is 5.73 Å². The molecule has 14 aromatic rings. The maximum atomic E-state index is 13.4. The van der Waals surface area contributed by atoms with Crippen LogP contribution in [0.4, 0.5) is 30.5 Å². The highest BCUT2D eigenvalue weighted by Gasteiger charge is 2.16. The van der Waals surface area contributed by atoms with Crippen molar-refractivity contribution < 1.29 is 23.0 Å². The first-order valence-electron chi connectivity index (χ1n) is 33.6. The zero-order valence-corrected chi connectivity index (χ0v) is 61.6. The Hall–Kier alpha value is -11.6. The molecule has 0 amide bonds. The fourth-order valence-corrected chi connectivity index (χ4v) is 10.4. The number of imidazole rings is 6. The van der Waals surface area contributed by atoms with Gasteiger partial charge in [0.1, 0.15) is 34.5 Å². The lowest BCUT2D eigenvalue weighted by atomic mass is 10.0. The van der Waals surface area contributed by atoms with Gasteiger partial charge in [-0.05, 0) is 170 Å². The van der Waals surface area contributed by atoms with Gasteiger partial charge in [0.05, 0.1) is 100 Å². The largest absolute Gasteiger partial charge is 0.368 e. The standard InChI is InChI=1S/C11H13FN2.C11H14N2.C10H12F2.C10H11N3O2.C8H11N5.C8H10N4O.C8H10N4.C7H10N2O2/c1-7(2)14-6-13-11-9(12)4-8(3)5-10(11)14;1-8(2)13-7-12-11-9(3)5-4-6-10(11)13;1-6(2)8-4-7(3)9(11)5-10(8)12;1-7(2)12-6-11-9-5-8(13(14)15)3-4-10(9)12;1-5(2)13-4-11-6-3-10-8(9)12-7(6)13;1-5(2)12-4-11-6-7(12)9-3-10-8(6)13;1-6(2)12-5-11-7-3-9-4-10-8(7)12;1-6(2)8-4-3-7(5-8)9(10)11/h4-7H,1-3H3;4-8H,1-3H3;4-6H,1-3H3;3-7H,1-2H3;3-5H,1-2H3,(H2,9,10,12);3-5H,1-2H3,(H,9,10,13);3-6H,1-2H3;3-6H,1-2H3. The number of aromatic amines is 1. The lowest BCUT2D eigenvalue weighted by molar-refractivity contribution is -0.385. The maximum absolute atomic E-state index is 13.4. The SMILES string of the molecule is CC(C)n1ccc([N+](=O)[O-])c1.CC(C)n1cnc2c(=O)[nH]cnc21.CC(C)n1cnc2cc([N+](=O)[O-])ccc21.CC(C)n1cnc2cnc(N)nc21.CC(C)n1cnc2cncnc21.Cc1cc(C(C)C)c(F)cc1F.Cc1cc(F)c2ncn(C(C)C)c2c1.Cc1cccc2c1ncn2C(C)C. The number of benzene rings is 4. The highest BCUT2D eigenvalue weighted by atomic mass is 19.1. The van der Waals surface area contributed by atoms with Crippen LogP contribution in [0, 0.1) is 58.5 Å². The Bertz CT molecular complexity index is 5200. The van der Waals surface area contributed by atoms with E-state index in [-0.39, 0.29) is 46.7 Å². The summed E-state index contributed by atoms with van der Waals surface area (Å²) in [4.78, 5) is 78.8. The van der Waals surface area contributed by atoms with Gasteiger partial charge in [-0.1, -0.05) is 32.0 Å². The summed E-state index contributed by atoms with van der Waals surface area (Å²) in [5, 5.41) is 20.8. The molecule has 103 heavy (non-hydrogen) atoms. The van der Waals surface area contributed by atoms with E-state index in [0.717, 1.165) is 50.5 Å². The van der Waals surface area contributed by atoms with Crippen molar-refractivity contribution in [3.05, 3.63) is 212 Å². The number of nitro groups is 2. The number of nitrogens with two attached hydrogens (primary N) is 1. The Balaban J connectivity index is 0.000000165. The van der Waals surface area contributed by atoms with Crippen LogP contribution >= 0.6 is 0 Å². The van der Waals surface area contributed by atoms with Crippen molar-refractivity contribution in [2.24, 2.45) is 0 Å². The molecule has 0 saturated heterocycles. The van der Waals surface area contributed by atoms with Gasteiger partial charge in [0.25, 0.3) is 16.9 Å². The molecule has 0 radical (unpaired) electrons. The summed E-state index contributed by atoms with van der Waals surface area (Å²) < 4.78 is 53.1. The van der Waals surface area contributed by atoms with Crippen LogP contribution in [-0.4, -0.2) is 102 Å². The van der Waals surface area contributed by atoms with Crippen molar-refractivity contribution in [3.8, 4) is 0 Å². The molecule has 0 aliphatic carbocycles. The van der Waals surface area contributed by atoms with Crippen molar-refractivity contribution in [2.45, 2.75) is 180 Å². The van der Waals surface area contributed by atoms with Crippen LogP contribution in [0.5, 0.6) is 0 Å². The van der Waals surface area contributed by atoms with Crippen molar-refractivity contribution in [1.82, 2.24) is 91.8 Å². The van der Waals surface area contributed by atoms with Gasteiger partial charge >= 0.3 is 0 Å². The van der Waals surface area contributed by atoms with E-state index < -0.39 is 21.5 Å². The summed E-state index contributed by atoms with van der Waals surface area (Å²) >= 11 is 0. The van der Waals surface area contributed by atoms with E-state index in [1.165, 1.54) is 47.9 Å². The summed E-state index contributed by atoms with van der Waals surface area (Å²) in [7, 11) is 0. The van der Waals surface area contributed by atoms with Crippen molar-refractivity contribution >= 4 is 83.9 Å². The van der Waals surface area contributed by atoms with E-state index in [1.54, 1.807) is 80.2 Å². The molecular weight excluding hydrogens is 1320 g/mol. The van der Waals surface area contributed by atoms with Gasteiger partial charge in [-0.3, -0.25) is 25.0 Å². The van der Waals surface area contributed by atoms with Crippen molar-refractivity contribution in [1.29, 1.82) is 0 Å². The number of aryl methyl sites for hydroxylation is 3. The number of rotatable bonds is 10. The normalized spacial score (nSPS) is 11.2. The van der Waals surface area contributed by atoms with E-state index in [0.29, 0.717) is 63.5 Å². The number of nitrogen functional groups attached to an aromatic ring is 1. The number of halogens is 3. The average Bonchev–Trinajstić information content (AvgIpc) is 1.71. The first-order valence-corrected chi connectivity index (χ1v) is 33.6. The molecular formula is C73H91F3N22O5. The minimum absolute atomic E-state index is 0.0801. The molecule has 0 saturated carbocycles. The number of nitrogens with one attached hydrogen (secondary N) is 1. The summed E-state index contributed by atoms with van der Waals surface area (Å²) in [6, 6.07) is 20.9. The third-order valence-corrected chi connectivity index (χ3v) is 16.0. The van der Waals surface area contributed by atoms with Crippen LogP contribution in [0.25, 0.3) is 66.6 Å². The van der Waals surface area contributed by atoms with E-state index >= 15 is 0 Å². The van der Waals surface area contributed by atoms with E-state index in [9.17, 15) is 38.2 Å². The third kappa shape index (κ3) is 19.9. The smallest absolute Gasteiger partial charge is 0.286 e. The van der Waals surface area contributed by atoms with Crippen LogP contribution in [0.1, 0.15) is 181 Å². The molecule has 0 aliphatic rings. The van der Waals surface area contributed by atoms with Gasteiger partial charge in [-0.15, -0.1) is 0 Å². The Labute approximate surface area is 594 Å². The van der Waals surface area contributed by atoms with Crippen molar-refractivity contribution in [3.63, 3.8) is 0 Å². The maximum Gasteiger partial charge on any atom is 0.286 e. The second-order valence-corrected chi connectivity index (χ2v) is 26.5. The lowest BCUT2D eigenvalue weighted by Crippen LogP contribution is -2.08. The quantitative estimate of drug-likeness (QED) is 0.0949. The average molecular weight is 1410 g/mol. The zero-order chi connectivity index (χ0) is 75.8. The fraction of sp³-hybridized carbons (Fsp3) is 0.370. The number of anilines is 1. The van der Waals surface area contributed by atoms with Gasteiger partial charge < -0.3 is 42.7 Å². The number of nitro benzene ring substituents is 1. The first kappa shape index (κ1) is 78.7. The van der Waals surface area contributed by atoms with Crippen LogP contribution in [0.3, 0.4) is 0 Å². The molecule has 544 valence electrons. The molecule has 0 unspecified atom stereocenters. The highest BCUT2D eigenvalue weighted by Crippen LogP contribution is 2.26. The fourth-order valence-electron chi connectivity index (χ4n) is 10.4. The van der Waals surface area contributed by atoms with E-state index in [2.05, 4.69) is 145 Å². The van der Waals surface area contributed by atoms with Gasteiger partial charge in [-0.25, -0.2) is 63.0 Å². The monoisotopic (exact) mass is 1410 g/mol. The molecule has 3 N–H and O–H groups in total. The number of para-hydroxylation sites is 1. The molecule has 0 atom stereocenters. The summed E-state index contributed by atoms with van der Waals surface area (Å²) in [6.07, 6.45) is 20.0. The minimum atomic E-state index is -0.475. The molecule has 0 aliphatic heterocycles. The predicted molar refractivity (Wildman–Crippen MR) is 397 cm³/mol. The predicted octanol–water partition coefficient (Wildman–Crippen LogP) is 17.0. The highest BCUT2D eigenvalue weighted by molar-refractivity contribution is 5.80. The molecule has 10 heterocycles. The molecule has 27 nitrogen and oxygen atoms in total. The topological polar surface area (TPSA) is 321 Å². The Morgan fingerprint density at radius 1 is 0.466 bits per heavy atom. The number of H-pyrrole nitrogens is 1. The second kappa shape index (κ2) is 35.1. The number of hydrogen-bond donors (Lipinski definition) is 2. The van der Waals surface area contributed by atoms with E-state index in [4.69, 9.17) is 5.73 Å². The first-order chi connectivity index (χ1) is 48.7. The molecule has 0 bridgehead atoms. The zero-order valence-electron chi connectivity index (χ0n) is 61.6. The van der Waals surface area contributed by atoms with Gasteiger partial charge in [0.2, 0.25) is 5.95 Å². The second-order valence-electron chi connectivity index (χ2n) is 26.5. The van der Waals surface area contributed by atoms with Crippen LogP contribution in [-0.2, 0) is 0 Å². The van der Waals surface area contributed by atoms with E-state index in [1.807, 2.05) is 97.5 Å². The van der Waals surface area contributed by atoms with Gasteiger partial charge in [0.15, 0.2) is 28.3 Å². The number of hydrogen-bond acceptors (Lipinski definition) is 17. The molecule has 10 aromatic heterocycles. The lowest BCUT2D eigenvalue weighted by Gasteiger charge is -2.08. The van der Waals surface area contributed by atoms with Crippen LogP contribution in [0.2, 0.25) is 0 Å². The van der Waals surface area contributed by atoms with Crippen LogP contribution < -0.4 is 11.3 Å². The molecule has 14 rings (SSSR count). The number of fused-ring (bicyclic) bond motifs is 6. The van der Waals surface area contributed by atoms with Gasteiger partial charge in [0, 0.05) is 72.8 Å². The Morgan fingerprint density at radius 2 is 1.00 bits per heavy atom. The third-order valence-electron chi connectivity index (χ3n) is 16.0. The Morgan fingerprint density at radius 3 is 1.58 bits per heavy atom. The minimum Gasteiger partial charge on any atom is -0.368 e. The summed E-state index contributed by atoms with van der Waals surface area (Å²) in [5.74, 6) is -0.774. The molecule has 0 spiro atoms. The van der Waals surface area contributed by atoms with Crippen LogP contribution in [0.15, 0.2) is 147 Å². The number of non-ortho nitro benzene ring substituents is 1.